The second-order valence-electron chi connectivity index (χ2n) is 5.74. The van der Waals surface area contributed by atoms with Crippen molar-refractivity contribution in [1.82, 2.24) is 0 Å². The number of carbonyl (C=O) groups is 1. The highest BCUT2D eigenvalue weighted by atomic mass is 35.5. The molecular weight excluding hydrogens is 368 g/mol. The van der Waals surface area contributed by atoms with Crippen LogP contribution in [0.3, 0.4) is 0 Å². The zero-order valence-electron chi connectivity index (χ0n) is 15.5. The van der Waals surface area contributed by atoms with Gasteiger partial charge in [-0.25, -0.2) is 0 Å². The van der Waals surface area contributed by atoms with Gasteiger partial charge in [-0.05, 0) is 36.8 Å². The maximum absolute atomic E-state index is 12.0. The molecule has 2 rings (SSSR count). The Kier molecular flexibility index (Phi) is 7.31. The van der Waals surface area contributed by atoms with E-state index >= 15 is 0 Å². The van der Waals surface area contributed by atoms with E-state index in [4.69, 9.17) is 26.8 Å². The molecule has 0 saturated carbocycles. The molecule has 7 nitrogen and oxygen atoms in total. The summed E-state index contributed by atoms with van der Waals surface area (Å²) in [5.74, 6) is 1.22. The Balaban J connectivity index is 1.91. The fourth-order valence-electron chi connectivity index (χ4n) is 2.30. The third-order valence-corrected chi connectivity index (χ3v) is 4.00. The topological polar surface area (TPSA) is 98.0 Å². The highest BCUT2D eigenvalue weighted by molar-refractivity contribution is 6.33. The van der Waals surface area contributed by atoms with Gasteiger partial charge in [-0.3, -0.25) is 9.79 Å². The molecule has 1 amide bonds. The Morgan fingerprint density at radius 2 is 1.89 bits per heavy atom. The smallest absolute Gasteiger partial charge is 0.226 e. The van der Waals surface area contributed by atoms with Crippen molar-refractivity contribution in [3.05, 3.63) is 47.0 Å². The number of aliphatic imine (C=N–C) groups is 1. The van der Waals surface area contributed by atoms with Crippen LogP contribution in [-0.4, -0.2) is 32.6 Å². The lowest BCUT2D eigenvalue weighted by atomic mass is 10.2. The average Bonchev–Trinajstić information content (AvgIpc) is 2.64. The number of rotatable bonds is 7. The predicted molar refractivity (Wildman–Crippen MR) is 109 cm³/mol. The predicted octanol–water partition coefficient (Wildman–Crippen LogP) is 3.42. The second kappa shape index (κ2) is 9.68. The standard InChI is InChI=1S/C19H23ClN4O3/c1-12-4-6-15(14(20)10-12)23-18(25)8-9-22-19(21)24-16-11-13(26-2)5-7-17(16)27-3/h4-7,10-11H,8-9H2,1-3H3,(H,23,25)(H3,21,22,24). The van der Waals surface area contributed by atoms with Crippen LogP contribution < -0.4 is 25.8 Å². The van der Waals surface area contributed by atoms with Crippen LogP contribution in [-0.2, 0) is 4.79 Å². The summed E-state index contributed by atoms with van der Waals surface area (Å²) in [6, 6.07) is 10.7. The van der Waals surface area contributed by atoms with Crippen LogP contribution in [0.1, 0.15) is 12.0 Å². The molecule has 0 bridgehead atoms. The molecule has 2 aromatic rings. The van der Waals surface area contributed by atoms with Gasteiger partial charge >= 0.3 is 0 Å². The van der Waals surface area contributed by atoms with Crippen molar-refractivity contribution in [2.24, 2.45) is 10.7 Å². The SMILES string of the molecule is COc1ccc(OC)c(NC(N)=NCCC(=O)Nc2ccc(C)cc2Cl)c1. The number of halogens is 1. The number of carbonyl (C=O) groups excluding carboxylic acids is 1. The van der Waals surface area contributed by atoms with E-state index in [0.717, 1.165) is 5.56 Å². The molecule has 8 heteroatoms. The number of aryl methyl sites for hydroxylation is 1. The summed E-state index contributed by atoms with van der Waals surface area (Å²) < 4.78 is 10.5. The van der Waals surface area contributed by atoms with Crippen molar-refractivity contribution in [1.29, 1.82) is 0 Å². The molecule has 0 unspecified atom stereocenters. The van der Waals surface area contributed by atoms with Gasteiger partial charge in [0, 0.05) is 12.5 Å². The average molecular weight is 391 g/mol. The molecule has 0 aliphatic carbocycles. The summed E-state index contributed by atoms with van der Waals surface area (Å²) in [7, 11) is 3.13. The summed E-state index contributed by atoms with van der Waals surface area (Å²) in [5.41, 5.74) is 8.10. The van der Waals surface area contributed by atoms with Crippen molar-refractivity contribution in [3.63, 3.8) is 0 Å². The van der Waals surface area contributed by atoms with Crippen molar-refractivity contribution in [3.8, 4) is 11.5 Å². The number of nitrogens with two attached hydrogens (primary N) is 1. The van der Waals surface area contributed by atoms with Gasteiger partial charge < -0.3 is 25.8 Å². The number of benzene rings is 2. The number of nitrogens with one attached hydrogen (secondary N) is 2. The van der Waals surface area contributed by atoms with E-state index < -0.39 is 0 Å². The molecule has 0 atom stereocenters. The van der Waals surface area contributed by atoms with E-state index in [0.29, 0.717) is 27.9 Å². The number of anilines is 2. The monoisotopic (exact) mass is 390 g/mol. The highest BCUT2D eigenvalue weighted by Crippen LogP contribution is 2.28. The van der Waals surface area contributed by atoms with Crippen LogP contribution in [0, 0.1) is 6.92 Å². The Labute approximate surface area is 163 Å². The molecule has 144 valence electrons. The van der Waals surface area contributed by atoms with Crippen LogP contribution in [0.4, 0.5) is 11.4 Å². The van der Waals surface area contributed by atoms with Crippen LogP contribution in [0.15, 0.2) is 41.4 Å². The van der Waals surface area contributed by atoms with Crippen molar-refractivity contribution in [2.75, 3.05) is 31.4 Å². The van der Waals surface area contributed by atoms with Crippen molar-refractivity contribution in [2.45, 2.75) is 13.3 Å². The number of hydrogen-bond donors (Lipinski definition) is 3. The summed E-state index contributed by atoms with van der Waals surface area (Å²) in [4.78, 5) is 16.2. The molecule has 0 saturated heterocycles. The minimum atomic E-state index is -0.198. The Bertz CT molecular complexity index is 840. The van der Waals surface area contributed by atoms with Gasteiger partial charge in [0.2, 0.25) is 5.91 Å². The van der Waals surface area contributed by atoms with E-state index in [9.17, 15) is 4.79 Å². The number of amides is 1. The molecule has 0 radical (unpaired) electrons. The largest absolute Gasteiger partial charge is 0.497 e. The first kappa shape index (κ1) is 20.4. The maximum atomic E-state index is 12.0. The molecule has 0 aliphatic heterocycles. The minimum absolute atomic E-state index is 0.168. The highest BCUT2D eigenvalue weighted by Gasteiger charge is 2.08. The lowest BCUT2D eigenvalue weighted by Crippen LogP contribution is -2.24. The fraction of sp³-hybridized carbons (Fsp3) is 0.263. The normalized spacial score (nSPS) is 11.0. The Morgan fingerprint density at radius 3 is 2.56 bits per heavy atom. The van der Waals surface area contributed by atoms with Crippen LogP contribution in [0.5, 0.6) is 11.5 Å². The van der Waals surface area contributed by atoms with Gasteiger partial charge in [-0.15, -0.1) is 0 Å². The van der Waals surface area contributed by atoms with Gasteiger partial charge in [0.1, 0.15) is 11.5 Å². The van der Waals surface area contributed by atoms with Gasteiger partial charge in [-0.2, -0.15) is 0 Å². The fourth-order valence-corrected chi connectivity index (χ4v) is 2.58. The van der Waals surface area contributed by atoms with Gasteiger partial charge in [0.05, 0.1) is 37.2 Å². The lowest BCUT2D eigenvalue weighted by molar-refractivity contribution is -0.116. The summed E-state index contributed by atoms with van der Waals surface area (Å²) in [5, 5.41) is 6.20. The van der Waals surface area contributed by atoms with E-state index in [-0.39, 0.29) is 24.8 Å². The van der Waals surface area contributed by atoms with E-state index in [1.165, 1.54) is 0 Å². The molecule has 0 aliphatic rings. The van der Waals surface area contributed by atoms with E-state index in [2.05, 4.69) is 15.6 Å². The molecule has 0 fully saturated rings. The summed E-state index contributed by atoms with van der Waals surface area (Å²) in [6.45, 7) is 2.15. The van der Waals surface area contributed by atoms with E-state index in [1.807, 2.05) is 13.0 Å². The van der Waals surface area contributed by atoms with Crippen molar-refractivity contribution < 1.29 is 14.3 Å². The van der Waals surface area contributed by atoms with Crippen molar-refractivity contribution >= 4 is 34.8 Å². The zero-order chi connectivity index (χ0) is 19.8. The van der Waals surface area contributed by atoms with Gasteiger partial charge in [-0.1, -0.05) is 17.7 Å². The Hall–Kier alpha value is -2.93. The first-order valence-corrected chi connectivity index (χ1v) is 8.65. The molecule has 27 heavy (non-hydrogen) atoms. The van der Waals surface area contributed by atoms with Crippen LogP contribution in [0.25, 0.3) is 0 Å². The van der Waals surface area contributed by atoms with Gasteiger partial charge in [0.25, 0.3) is 0 Å². The van der Waals surface area contributed by atoms with Crippen LogP contribution >= 0.6 is 11.6 Å². The minimum Gasteiger partial charge on any atom is -0.497 e. The number of nitrogens with zero attached hydrogens (tertiary/aromatic N) is 1. The number of guanidine groups is 1. The molecule has 0 aromatic heterocycles. The number of ether oxygens (including phenoxy) is 2. The second-order valence-corrected chi connectivity index (χ2v) is 6.15. The van der Waals surface area contributed by atoms with Crippen LogP contribution in [0.2, 0.25) is 5.02 Å². The molecule has 4 N–H and O–H groups in total. The third-order valence-electron chi connectivity index (χ3n) is 3.69. The Morgan fingerprint density at radius 1 is 1.11 bits per heavy atom. The summed E-state index contributed by atoms with van der Waals surface area (Å²) in [6.07, 6.45) is 0.168. The molecule has 0 spiro atoms. The molecule has 0 heterocycles. The number of hydrogen-bond acceptors (Lipinski definition) is 4. The van der Waals surface area contributed by atoms with E-state index in [1.54, 1.807) is 44.6 Å². The lowest BCUT2D eigenvalue weighted by Gasteiger charge is -2.12. The van der Waals surface area contributed by atoms with Gasteiger partial charge in [0.15, 0.2) is 5.96 Å². The summed E-state index contributed by atoms with van der Waals surface area (Å²) >= 11 is 6.11. The maximum Gasteiger partial charge on any atom is 0.226 e. The molecular formula is C19H23ClN4O3. The first-order valence-electron chi connectivity index (χ1n) is 8.28. The quantitative estimate of drug-likeness (QED) is 0.497. The molecule has 2 aromatic carbocycles. The number of methoxy groups -OCH3 is 2. The zero-order valence-corrected chi connectivity index (χ0v) is 16.3. The first-order chi connectivity index (χ1) is 12.9. The third kappa shape index (κ3) is 6.07.